The van der Waals surface area contributed by atoms with E-state index in [1.54, 1.807) is 0 Å². The molecule has 2 rings (SSSR count). The predicted octanol–water partition coefficient (Wildman–Crippen LogP) is 2.91. The van der Waals surface area contributed by atoms with E-state index in [1.807, 2.05) is 0 Å². The smallest absolute Gasteiger partial charge is 0.0168 e. The maximum absolute atomic E-state index is 6.15. The molecule has 2 N–H and O–H groups in total. The molecule has 0 aromatic carbocycles. The summed E-state index contributed by atoms with van der Waals surface area (Å²) in [5, 5.41) is 0. The first-order valence-electron chi connectivity index (χ1n) is 7.12. The molecule has 0 aromatic heterocycles. The summed E-state index contributed by atoms with van der Waals surface area (Å²) < 4.78 is 0. The minimum atomic E-state index is 0.380. The van der Waals surface area contributed by atoms with Crippen LogP contribution >= 0.6 is 0 Å². The van der Waals surface area contributed by atoms with Gasteiger partial charge in [0.25, 0.3) is 0 Å². The van der Waals surface area contributed by atoms with Gasteiger partial charge in [0.1, 0.15) is 0 Å². The Balaban J connectivity index is 2.03. The molecule has 2 aliphatic rings. The molecule has 0 bridgehead atoms. The lowest BCUT2D eigenvalue weighted by molar-refractivity contribution is 0.0182. The minimum Gasteiger partial charge on any atom is -0.327 e. The maximum atomic E-state index is 6.15. The van der Waals surface area contributed by atoms with Crippen LogP contribution in [-0.2, 0) is 0 Å². The van der Waals surface area contributed by atoms with Crippen LogP contribution in [0.3, 0.4) is 0 Å². The van der Waals surface area contributed by atoms with Crippen molar-refractivity contribution in [3.8, 4) is 0 Å². The van der Waals surface area contributed by atoms with Crippen molar-refractivity contribution in [1.29, 1.82) is 0 Å². The lowest BCUT2D eigenvalue weighted by atomic mass is 9.85. The SMILES string of the molecule is CC1(C)CCC(N)CN1C1CCCCCC1. The third kappa shape index (κ3) is 2.78. The van der Waals surface area contributed by atoms with Crippen LogP contribution in [0.1, 0.15) is 65.2 Å². The standard InChI is InChI=1S/C14H28N2/c1-14(2)10-9-12(15)11-16(14)13-7-5-3-4-6-8-13/h12-13H,3-11,15H2,1-2H3. The number of hydrogen-bond donors (Lipinski definition) is 1. The van der Waals surface area contributed by atoms with Gasteiger partial charge in [0, 0.05) is 24.2 Å². The van der Waals surface area contributed by atoms with Gasteiger partial charge in [-0.3, -0.25) is 4.90 Å². The highest BCUT2D eigenvalue weighted by Gasteiger charge is 2.36. The lowest BCUT2D eigenvalue weighted by Crippen LogP contribution is -2.58. The molecule has 2 heteroatoms. The van der Waals surface area contributed by atoms with Crippen molar-refractivity contribution in [1.82, 2.24) is 4.90 Å². The summed E-state index contributed by atoms with van der Waals surface area (Å²) in [5.41, 5.74) is 6.53. The maximum Gasteiger partial charge on any atom is 0.0168 e. The van der Waals surface area contributed by atoms with Gasteiger partial charge in [-0.25, -0.2) is 0 Å². The number of nitrogens with two attached hydrogens (primary N) is 1. The summed E-state index contributed by atoms with van der Waals surface area (Å²) >= 11 is 0. The van der Waals surface area contributed by atoms with E-state index in [4.69, 9.17) is 5.73 Å². The van der Waals surface area contributed by atoms with Crippen LogP contribution in [0, 0.1) is 0 Å². The number of rotatable bonds is 1. The molecule has 0 radical (unpaired) electrons. The fraction of sp³-hybridized carbons (Fsp3) is 1.00. The Kier molecular flexibility index (Phi) is 3.91. The molecule has 1 atom stereocenters. The molecule has 1 aliphatic carbocycles. The second-order valence-electron chi connectivity index (χ2n) is 6.41. The minimum absolute atomic E-state index is 0.380. The van der Waals surface area contributed by atoms with Crippen LogP contribution in [0.4, 0.5) is 0 Å². The fourth-order valence-electron chi connectivity index (χ4n) is 3.49. The summed E-state index contributed by atoms with van der Waals surface area (Å²) in [4.78, 5) is 2.73. The highest BCUT2D eigenvalue weighted by atomic mass is 15.2. The van der Waals surface area contributed by atoms with E-state index in [0.29, 0.717) is 11.6 Å². The van der Waals surface area contributed by atoms with Gasteiger partial charge in [-0.15, -0.1) is 0 Å². The quantitative estimate of drug-likeness (QED) is 0.694. The second-order valence-corrected chi connectivity index (χ2v) is 6.41. The molecule has 1 saturated heterocycles. The molecule has 1 saturated carbocycles. The molecular weight excluding hydrogens is 196 g/mol. The normalized spacial score (nSPS) is 33.6. The summed E-state index contributed by atoms with van der Waals surface area (Å²) in [6, 6.07) is 1.22. The Hall–Kier alpha value is -0.0800. The molecule has 94 valence electrons. The molecule has 1 unspecified atom stereocenters. The Labute approximate surface area is 101 Å². The van der Waals surface area contributed by atoms with E-state index >= 15 is 0 Å². The van der Waals surface area contributed by atoms with E-state index in [-0.39, 0.29) is 0 Å². The van der Waals surface area contributed by atoms with E-state index < -0.39 is 0 Å². The zero-order chi connectivity index (χ0) is 11.6. The van der Waals surface area contributed by atoms with Crippen LogP contribution in [0.2, 0.25) is 0 Å². The molecule has 2 nitrogen and oxygen atoms in total. The Bertz CT molecular complexity index is 217. The monoisotopic (exact) mass is 224 g/mol. The van der Waals surface area contributed by atoms with Crippen molar-refractivity contribution < 1.29 is 0 Å². The largest absolute Gasteiger partial charge is 0.327 e. The first kappa shape index (κ1) is 12.4. The molecule has 1 heterocycles. The Morgan fingerprint density at radius 2 is 1.62 bits per heavy atom. The molecule has 0 amide bonds. The average molecular weight is 224 g/mol. The van der Waals surface area contributed by atoms with Gasteiger partial charge >= 0.3 is 0 Å². The van der Waals surface area contributed by atoms with Crippen molar-refractivity contribution in [2.24, 2.45) is 5.73 Å². The van der Waals surface area contributed by atoms with Crippen LogP contribution in [-0.4, -0.2) is 29.1 Å². The summed E-state index contributed by atoms with van der Waals surface area (Å²) in [6.07, 6.45) is 11.0. The molecule has 1 aliphatic heterocycles. The predicted molar refractivity (Wildman–Crippen MR) is 69.5 cm³/mol. The van der Waals surface area contributed by atoms with Gasteiger partial charge < -0.3 is 5.73 Å². The Morgan fingerprint density at radius 1 is 1.00 bits per heavy atom. The highest BCUT2D eigenvalue weighted by molar-refractivity contribution is 4.94. The first-order valence-corrected chi connectivity index (χ1v) is 7.12. The third-order valence-electron chi connectivity index (χ3n) is 4.60. The average Bonchev–Trinajstić information content (AvgIpc) is 2.50. The summed E-state index contributed by atoms with van der Waals surface area (Å²) in [6.45, 7) is 5.94. The molecule has 16 heavy (non-hydrogen) atoms. The molecule has 2 fully saturated rings. The molecular formula is C14H28N2. The van der Waals surface area contributed by atoms with Gasteiger partial charge in [0.05, 0.1) is 0 Å². The van der Waals surface area contributed by atoms with Crippen molar-refractivity contribution in [3.05, 3.63) is 0 Å². The first-order chi connectivity index (χ1) is 7.59. The van der Waals surface area contributed by atoms with Crippen molar-refractivity contribution in [2.45, 2.75) is 82.8 Å². The lowest BCUT2D eigenvalue weighted by Gasteiger charge is -2.49. The van der Waals surface area contributed by atoms with Crippen molar-refractivity contribution in [2.75, 3.05) is 6.54 Å². The van der Waals surface area contributed by atoms with Gasteiger partial charge in [0.15, 0.2) is 0 Å². The van der Waals surface area contributed by atoms with Crippen molar-refractivity contribution >= 4 is 0 Å². The van der Waals surface area contributed by atoms with Gasteiger partial charge in [-0.2, -0.15) is 0 Å². The highest BCUT2D eigenvalue weighted by Crippen LogP contribution is 2.33. The van der Waals surface area contributed by atoms with Gasteiger partial charge in [0.2, 0.25) is 0 Å². The van der Waals surface area contributed by atoms with Crippen LogP contribution in [0.5, 0.6) is 0 Å². The zero-order valence-corrected chi connectivity index (χ0v) is 11.0. The number of hydrogen-bond acceptors (Lipinski definition) is 2. The summed E-state index contributed by atoms with van der Waals surface area (Å²) in [5.74, 6) is 0. The molecule has 0 spiro atoms. The summed E-state index contributed by atoms with van der Waals surface area (Å²) in [7, 11) is 0. The van der Waals surface area contributed by atoms with Crippen LogP contribution < -0.4 is 5.73 Å². The Morgan fingerprint density at radius 3 is 2.25 bits per heavy atom. The number of piperidine rings is 1. The van der Waals surface area contributed by atoms with E-state index in [0.717, 1.165) is 12.6 Å². The van der Waals surface area contributed by atoms with Crippen LogP contribution in [0.25, 0.3) is 0 Å². The number of nitrogens with zero attached hydrogens (tertiary/aromatic N) is 1. The third-order valence-corrected chi connectivity index (χ3v) is 4.60. The topological polar surface area (TPSA) is 29.3 Å². The van der Waals surface area contributed by atoms with E-state index in [9.17, 15) is 0 Å². The van der Waals surface area contributed by atoms with E-state index in [1.165, 1.54) is 51.4 Å². The molecule has 0 aromatic rings. The van der Waals surface area contributed by atoms with Gasteiger partial charge in [-0.05, 0) is 39.5 Å². The fourth-order valence-corrected chi connectivity index (χ4v) is 3.49. The zero-order valence-electron chi connectivity index (χ0n) is 11.0. The van der Waals surface area contributed by atoms with Gasteiger partial charge in [-0.1, -0.05) is 25.7 Å². The number of likely N-dealkylation sites (tertiary alicyclic amines) is 1. The van der Waals surface area contributed by atoms with E-state index in [2.05, 4.69) is 18.7 Å². The van der Waals surface area contributed by atoms with Crippen LogP contribution in [0.15, 0.2) is 0 Å². The second kappa shape index (κ2) is 5.05. The van der Waals surface area contributed by atoms with Crippen molar-refractivity contribution in [3.63, 3.8) is 0 Å².